The molecule has 2 heterocycles. The lowest BCUT2D eigenvalue weighted by atomic mass is 10.4. The first-order valence-electron chi connectivity index (χ1n) is 5.28. The van der Waals surface area contributed by atoms with E-state index in [2.05, 4.69) is 10.4 Å². The molecule has 0 aliphatic heterocycles. The number of nitrogens with one attached hydrogen (secondary N) is 1. The third-order valence-corrected chi connectivity index (χ3v) is 3.24. The van der Waals surface area contributed by atoms with Gasteiger partial charge >= 0.3 is 0 Å². The van der Waals surface area contributed by atoms with Gasteiger partial charge in [0, 0.05) is 17.6 Å². The smallest absolute Gasteiger partial charge is 0.261 e. The fourth-order valence-corrected chi connectivity index (χ4v) is 2.21. The van der Waals surface area contributed by atoms with Gasteiger partial charge in [-0.2, -0.15) is 5.10 Å². The number of amides is 1. The summed E-state index contributed by atoms with van der Waals surface area (Å²) in [5.74, 6) is -0.0387. The molecular formula is C11H14N4OS. The van der Waals surface area contributed by atoms with Gasteiger partial charge in [0.2, 0.25) is 0 Å². The van der Waals surface area contributed by atoms with Gasteiger partial charge in [-0.3, -0.25) is 9.48 Å². The highest BCUT2D eigenvalue weighted by molar-refractivity contribution is 7.13. The fourth-order valence-electron chi connectivity index (χ4n) is 1.43. The van der Waals surface area contributed by atoms with Crippen molar-refractivity contribution in [3.8, 4) is 0 Å². The van der Waals surface area contributed by atoms with Crippen LogP contribution in [0, 0.1) is 6.92 Å². The molecule has 0 spiro atoms. The molecule has 1 amide bonds. The van der Waals surface area contributed by atoms with Gasteiger partial charge in [0.25, 0.3) is 5.91 Å². The normalized spacial score (nSPS) is 10.4. The Hall–Kier alpha value is -1.82. The summed E-state index contributed by atoms with van der Waals surface area (Å²) in [7, 11) is 0. The first-order valence-corrected chi connectivity index (χ1v) is 6.09. The summed E-state index contributed by atoms with van der Waals surface area (Å²) in [6.45, 7) is 3.14. The first kappa shape index (κ1) is 11.7. The van der Waals surface area contributed by atoms with Crippen molar-refractivity contribution in [2.75, 3.05) is 12.3 Å². The van der Waals surface area contributed by atoms with E-state index in [9.17, 15) is 4.79 Å². The zero-order valence-corrected chi connectivity index (χ0v) is 10.3. The molecule has 0 bridgehead atoms. The van der Waals surface area contributed by atoms with Crippen LogP contribution in [0.5, 0.6) is 0 Å². The maximum atomic E-state index is 11.7. The molecule has 0 aliphatic rings. The topological polar surface area (TPSA) is 72.9 Å². The maximum absolute atomic E-state index is 11.7. The standard InChI is InChI=1S/C11H14N4OS/c1-8-2-3-10(17-8)11(16)13-4-5-15-7-9(12)6-14-15/h2-3,6-7H,4-5,12H2,1H3,(H,13,16). The number of nitrogen functional groups attached to an aromatic ring is 1. The number of carbonyl (C=O) groups excluding carboxylic acids is 1. The van der Waals surface area contributed by atoms with Crippen LogP contribution in [0.4, 0.5) is 5.69 Å². The van der Waals surface area contributed by atoms with Crippen LogP contribution in [0.1, 0.15) is 14.5 Å². The average molecular weight is 250 g/mol. The van der Waals surface area contributed by atoms with Gasteiger partial charge in [0.1, 0.15) is 0 Å². The molecule has 0 aliphatic carbocycles. The Kier molecular flexibility index (Phi) is 3.43. The molecule has 0 saturated heterocycles. The minimum absolute atomic E-state index is 0.0387. The molecular weight excluding hydrogens is 236 g/mol. The van der Waals surface area contributed by atoms with E-state index in [1.165, 1.54) is 11.3 Å². The summed E-state index contributed by atoms with van der Waals surface area (Å²) in [5, 5.41) is 6.87. The van der Waals surface area contributed by atoms with Crippen molar-refractivity contribution >= 4 is 22.9 Å². The summed E-state index contributed by atoms with van der Waals surface area (Å²) < 4.78 is 1.70. The van der Waals surface area contributed by atoms with Gasteiger partial charge in [0.05, 0.1) is 23.3 Å². The molecule has 0 fully saturated rings. The molecule has 17 heavy (non-hydrogen) atoms. The lowest BCUT2D eigenvalue weighted by Gasteiger charge is -2.03. The first-order chi connectivity index (χ1) is 8.15. The van der Waals surface area contributed by atoms with Crippen LogP contribution < -0.4 is 11.1 Å². The summed E-state index contributed by atoms with van der Waals surface area (Å²) in [6.07, 6.45) is 3.33. The van der Waals surface area contributed by atoms with Crippen molar-refractivity contribution in [3.63, 3.8) is 0 Å². The number of thiophene rings is 1. The molecule has 0 saturated carbocycles. The molecule has 90 valence electrons. The highest BCUT2D eigenvalue weighted by atomic mass is 32.1. The van der Waals surface area contributed by atoms with Crippen LogP contribution in [0.15, 0.2) is 24.5 Å². The zero-order chi connectivity index (χ0) is 12.3. The van der Waals surface area contributed by atoms with Gasteiger partial charge in [-0.15, -0.1) is 11.3 Å². The number of hydrogen-bond acceptors (Lipinski definition) is 4. The molecule has 2 rings (SSSR count). The maximum Gasteiger partial charge on any atom is 0.261 e. The number of aryl methyl sites for hydroxylation is 1. The fraction of sp³-hybridized carbons (Fsp3) is 0.273. The Balaban J connectivity index is 1.81. The van der Waals surface area contributed by atoms with Crippen molar-refractivity contribution in [3.05, 3.63) is 34.3 Å². The molecule has 3 N–H and O–H groups in total. The highest BCUT2D eigenvalue weighted by Gasteiger charge is 2.06. The Morgan fingerprint density at radius 1 is 1.59 bits per heavy atom. The highest BCUT2D eigenvalue weighted by Crippen LogP contribution is 2.14. The number of aromatic nitrogens is 2. The lowest BCUT2D eigenvalue weighted by molar-refractivity contribution is 0.0956. The van der Waals surface area contributed by atoms with Crippen molar-refractivity contribution in [2.45, 2.75) is 13.5 Å². The monoisotopic (exact) mass is 250 g/mol. The summed E-state index contributed by atoms with van der Waals surface area (Å²) in [4.78, 5) is 13.6. The Labute approximate surface area is 103 Å². The summed E-state index contributed by atoms with van der Waals surface area (Å²) >= 11 is 1.49. The largest absolute Gasteiger partial charge is 0.396 e. The average Bonchev–Trinajstić information content (AvgIpc) is 2.88. The van der Waals surface area contributed by atoms with Crippen LogP contribution in [-0.4, -0.2) is 22.2 Å². The number of rotatable bonds is 4. The molecule has 0 atom stereocenters. The molecule has 0 aromatic carbocycles. The second-order valence-corrected chi connectivity index (χ2v) is 4.99. The Morgan fingerprint density at radius 2 is 2.41 bits per heavy atom. The van der Waals surface area contributed by atoms with E-state index in [-0.39, 0.29) is 5.91 Å². The summed E-state index contributed by atoms with van der Waals surface area (Å²) in [5.41, 5.74) is 6.16. The second kappa shape index (κ2) is 5.01. The van der Waals surface area contributed by atoms with Gasteiger partial charge < -0.3 is 11.1 Å². The van der Waals surface area contributed by atoms with E-state index in [1.807, 2.05) is 19.1 Å². The third kappa shape index (κ3) is 3.07. The predicted octanol–water partition coefficient (Wildman–Crippen LogP) is 1.27. The van der Waals surface area contributed by atoms with Gasteiger partial charge in [0.15, 0.2) is 0 Å². The van der Waals surface area contributed by atoms with Gasteiger partial charge in [-0.05, 0) is 19.1 Å². The SMILES string of the molecule is Cc1ccc(C(=O)NCCn2cc(N)cn2)s1. The van der Waals surface area contributed by atoms with Crippen LogP contribution >= 0.6 is 11.3 Å². The molecule has 5 nitrogen and oxygen atoms in total. The van der Waals surface area contributed by atoms with E-state index in [4.69, 9.17) is 5.73 Å². The van der Waals surface area contributed by atoms with Crippen molar-refractivity contribution in [2.24, 2.45) is 0 Å². The van der Waals surface area contributed by atoms with Crippen LogP contribution in [0.2, 0.25) is 0 Å². The van der Waals surface area contributed by atoms with E-state index in [0.29, 0.717) is 18.8 Å². The molecule has 6 heteroatoms. The Morgan fingerprint density at radius 3 is 3.00 bits per heavy atom. The van der Waals surface area contributed by atoms with E-state index < -0.39 is 0 Å². The number of nitrogens with two attached hydrogens (primary N) is 1. The van der Waals surface area contributed by atoms with Crippen molar-refractivity contribution in [1.29, 1.82) is 0 Å². The third-order valence-electron chi connectivity index (χ3n) is 2.24. The minimum Gasteiger partial charge on any atom is -0.396 e. The molecule has 2 aromatic rings. The zero-order valence-electron chi connectivity index (χ0n) is 9.51. The number of anilines is 1. The quantitative estimate of drug-likeness (QED) is 0.858. The van der Waals surface area contributed by atoms with Crippen molar-refractivity contribution in [1.82, 2.24) is 15.1 Å². The molecule has 0 radical (unpaired) electrons. The van der Waals surface area contributed by atoms with E-state index in [0.717, 1.165) is 9.75 Å². The van der Waals surface area contributed by atoms with E-state index in [1.54, 1.807) is 17.1 Å². The van der Waals surface area contributed by atoms with Gasteiger partial charge in [-0.1, -0.05) is 0 Å². The number of carbonyl (C=O) groups is 1. The lowest BCUT2D eigenvalue weighted by Crippen LogP contribution is -2.26. The minimum atomic E-state index is -0.0387. The number of hydrogen-bond donors (Lipinski definition) is 2. The molecule has 0 unspecified atom stereocenters. The van der Waals surface area contributed by atoms with Gasteiger partial charge in [-0.25, -0.2) is 0 Å². The Bertz CT molecular complexity index is 517. The van der Waals surface area contributed by atoms with E-state index >= 15 is 0 Å². The summed E-state index contributed by atoms with van der Waals surface area (Å²) in [6, 6.07) is 3.77. The number of nitrogens with zero attached hydrogens (tertiary/aromatic N) is 2. The predicted molar refractivity (Wildman–Crippen MR) is 68.0 cm³/mol. The van der Waals surface area contributed by atoms with Crippen molar-refractivity contribution < 1.29 is 4.79 Å². The van der Waals surface area contributed by atoms with Crippen LogP contribution in [0.25, 0.3) is 0 Å². The van der Waals surface area contributed by atoms with Crippen LogP contribution in [-0.2, 0) is 6.54 Å². The van der Waals surface area contributed by atoms with Crippen LogP contribution in [0.3, 0.4) is 0 Å². The second-order valence-electron chi connectivity index (χ2n) is 3.70. The molecule has 2 aromatic heterocycles.